The zero-order chi connectivity index (χ0) is 7.14. The van der Waals surface area contributed by atoms with Crippen molar-refractivity contribution in [2.45, 2.75) is 25.1 Å². The van der Waals surface area contributed by atoms with Crippen LogP contribution in [-0.2, 0) is 0 Å². The molecule has 1 nitrogen and oxygen atoms in total. The highest BCUT2D eigenvalue weighted by Gasteiger charge is 2.36. The SMILES string of the molecule is CCC1=CN2C(=S)C[C@H]2S1. The lowest BCUT2D eigenvalue weighted by molar-refractivity contribution is 0.459. The first-order valence-electron chi connectivity index (χ1n) is 3.50. The van der Waals surface area contributed by atoms with Crippen LogP contribution in [0.25, 0.3) is 0 Å². The third-order valence-corrected chi connectivity index (χ3v) is 3.61. The van der Waals surface area contributed by atoms with Crippen molar-refractivity contribution in [1.29, 1.82) is 0 Å². The zero-order valence-corrected chi connectivity index (χ0v) is 7.47. The van der Waals surface area contributed by atoms with Crippen LogP contribution in [0.1, 0.15) is 19.8 Å². The number of hydrogen-bond acceptors (Lipinski definition) is 2. The van der Waals surface area contributed by atoms with Gasteiger partial charge in [0.2, 0.25) is 0 Å². The summed E-state index contributed by atoms with van der Waals surface area (Å²) in [7, 11) is 0. The van der Waals surface area contributed by atoms with Crippen molar-refractivity contribution in [2.24, 2.45) is 0 Å². The molecular formula is C7H9NS2. The van der Waals surface area contributed by atoms with E-state index in [0.29, 0.717) is 5.37 Å². The summed E-state index contributed by atoms with van der Waals surface area (Å²) in [6, 6.07) is 0. The Morgan fingerprint density at radius 3 is 3.20 bits per heavy atom. The summed E-state index contributed by atoms with van der Waals surface area (Å²) >= 11 is 7.05. The first kappa shape index (κ1) is 6.68. The van der Waals surface area contributed by atoms with E-state index in [1.165, 1.54) is 4.91 Å². The Balaban J connectivity index is 2.12. The van der Waals surface area contributed by atoms with E-state index in [2.05, 4.69) is 18.0 Å². The Hall–Kier alpha value is -0.0200. The molecule has 0 aromatic heterocycles. The Kier molecular flexibility index (Phi) is 1.49. The van der Waals surface area contributed by atoms with Crippen LogP contribution in [0.15, 0.2) is 11.1 Å². The van der Waals surface area contributed by atoms with E-state index in [1.54, 1.807) is 0 Å². The van der Waals surface area contributed by atoms with Crippen LogP contribution in [0.4, 0.5) is 0 Å². The second-order valence-electron chi connectivity index (χ2n) is 2.53. The lowest BCUT2D eigenvalue weighted by atomic mass is 10.2. The van der Waals surface area contributed by atoms with E-state index >= 15 is 0 Å². The molecule has 0 aromatic carbocycles. The average Bonchev–Trinajstić information content (AvgIpc) is 2.26. The fourth-order valence-electron chi connectivity index (χ4n) is 1.19. The Morgan fingerprint density at radius 2 is 2.70 bits per heavy atom. The summed E-state index contributed by atoms with van der Waals surface area (Å²) < 4.78 is 0. The molecule has 0 aromatic rings. The van der Waals surface area contributed by atoms with Gasteiger partial charge in [0.25, 0.3) is 0 Å². The fourth-order valence-corrected chi connectivity index (χ4v) is 2.93. The van der Waals surface area contributed by atoms with E-state index in [-0.39, 0.29) is 0 Å². The maximum atomic E-state index is 5.09. The minimum Gasteiger partial charge on any atom is -0.328 e. The molecule has 3 heteroatoms. The van der Waals surface area contributed by atoms with Crippen LogP contribution < -0.4 is 0 Å². The van der Waals surface area contributed by atoms with Gasteiger partial charge in [-0.25, -0.2) is 0 Å². The molecule has 1 saturated heterocycles. The summed E-state index contributed by atoms with van der Waals surface area (Å²) in [5, 5.41) is 0.669. The molecule has 0 aliphatic carbocycles. The van der Waals surface area contributed by atoms with Gasteiger partial charge in [-0.05, 0) is 6.42 Å². The molecule has 0 saturated carbocycles. The molecule has 0 radical (unpaired) electrons. The number of thioether (sulfide) groups is 1. The molecule has 0 unspecified atom stereocenters. The van der Waals surface area contributed by atoms with Gasteiger partial charge < -0.3 is 4.90 Å². The van der Waals surface area contributed by atoms with Gasteiger partial charge in [-0.15, -0.1) is 11.8 Å². The molecule has 0 spiro atoms. The van der Waals surface area contributed by atoms with E-state index < -0.39 is 0 Å². The molecule has 1 fully saturated rings. The molecule has 2 aliphatic heterocycles. The summed E-state index contributed by atoms with van der Waals surface area (Å²) in [6.07, 6.45) is 4.46. The third-order valence-electron chi connectivity index (χ3n) is 1.87. The van der Waals surface area contributed by atoms with E-state index in [9.17, 15) is 0 Å². The Morgan fingerprint density at radius 1 is 1.90 bits per heavy atom. The topological polar surface area (TPSA) is 3.24 Å². The van der Waals surface area contributed by atoms with Gasteiger partial charge in [0.05, 0.1) is 10.4 Å². The number of rotatable bonds is 1. The summed E-state index contributed by atoms with van der Waals surface area (Å²) in [5.74, 6) is 0. The average molecular weight is 171 g/mol. The molecule has 0 amide bonds. The normalized spacial score (nSPS) is 29.7. The molecule has 2 aliphatic rings. The minimum atomic E-state index is 0.669. The molecule has 1 atom stereocenters. The van der Waals surface area contributed by atoms with Crippen molar-refractivity contribution in [3.05, 3.63) is 11.1 Å². The quantitative estimate of drug-likeness (QED) is 0.557. The first-order valence-corrected chi connectivity index (χ1v) is 4.78. The van der Waals surface area contributed by atoms with Crippen LogP contribution in [0.2, 0.25) is 0 Å². The van der Waals surface area contributed by atoms with Gasteiger partial charge in [-0.1, -0.05) is 19.1 Å². The molecular weight excluding hydrogens is 162 g/mol. The smallest absolute Gasteiger partial charge is 0.0905 e. The Bertz CT molecular complexity index is 210. The largest absolute Gasteiger partial charge is 0.328 e. The first-order chi connectivity index (χ1) is 4.81. The van der Waals surface area contributed by atoms with Crippen LogP contribution in [0.3, 0.4) is 0 Å². The van der Waals surface area contributed by atoms with Crippen LogP contribution in [0.5, 0.6) is 0 Å². The van der Waals surface area contributed by atoms with Gasteiger partial charge in [0, 0.05) is 17.5 Å². The Labute approximate surface area is 70.5 Å². The van der Waals surface area contributed by atoms with Crippen molar-refractivity contribution in [1.82, 2.24) is 4.90 Å². The summed E-state index contributed by atoms with van der Waals surface area (Å²) in [6.45, 7) is 2.19. The maximum absolute atomic E-state index is 5.09. The van der Waals surface area contributed by atoms with E-state index in [4.69, 9.17) is 12.2 Å². The van der Waals surface area contributed by atoms with E-state index in [0.717, 1.165) is 17.8 Å². The van der Waals surface area contributed by atoms with Gasteiger partial charge in [0.15, 0.2) is 0 Å². The highest BCUT2D eigenvalue weighted by molar-refractivity contribution is 8.04. The second kappa shape index (κ2) is 2.24. The van der Waals surface area contributed by atoms with Gasteiger partial charge in [0.1, 0.15) is 0 Å². The lowest BCUT2D eigenvalue weighted by Gasteiger charge is -2.35. The van der Waals surface area contributed by atoms with Crippen molar-refractivity contribution < 1.29 is 0 Å². The minimum absolute atomic E-state index is 0.669. The number of fused-ring (bicyclic) bond motifs is 1. The molecule has 2 rings (SSSR count). The second-order valence-corrected chi connectivity index (χ2v) is 4.30. The van der Waals surface area contributed by atoms with Gasteiger partial charge in [-0.2, -0.15) is 0 Å². The molecule has 54 valence electrons. The molecule has 0 bridgehead atoms. The number of hydrogen-bond donors (Lipinski definition) is 0. The summed E-state index contributed by atoms with van der Waals surface area (Å²) in [4.78, 5) is 4.80. The molecule has 10 heavy (non-hydrogen) atoms. The van der Waals surface area contributed by atoms with Gasteiger partial charge in [-0.3, -0.25) is 0 Å². The highest BCUT2D eigenvalue weighted by Crippen LogP contribution is 2.42. The number of thiocarbonyl (C=S) groups is 1. The maximum Gasteiger partial charge on any atom is 0.0905 e. The van der Waals surface area contributed by atoms with Crippen LogP contribution >= 0.6 is 24.0 Å². The van der Waals surface area contributed by atoms with Crippen molar-refractivity contribution in [2.75, 3.05) is 0 Å². The summed E-state index contributed by atoms with van der Waals surface area (Å²) in [5.41, 5.74) is 0. The number of allylic oxidation sites excluding steroid dienone is 1. The van der Waals surface area contributed by atoms with Crippen LogP contribution in [0, 0.1) is 0 Å². The lowest BCUT2D eigenvalue weighted by Crippen LogP contribution is -2.43. The third kappa shape index (κ3) is 0.805. The van der Waals surface area contributed by atoms with Crippen molar-refractivity contribution in [3.63, 3.8) is 0 Å². The molecule has 0 N–H and O–H groups in total. The standard InChI is InChI=1S/C7H9NS2/c1-2-5-4-8-6(9)3-7(8)10-5/h4,7H,2-3H2,1H3/t7-/m1/s1. The number of nitrogens with zero attached hydrogens (tertiary/aromatic N) is 1. The van der Waals surface area contributed by atoms with Gasteiger partial charge >= 0.3 is 0 Å². The molecule has 2 heterocycles. The fraction of sp³-hybridized carbons (Fsp3) is 0.571. The van der Waals surface area contributed by atoms with E-state index in [1.807, 2.05) is 11.8 Å². The van der Waals surface area contributed by atoms with Crippen molar-refractivity contribution in [3.8, 4) is 0 Å². The predicted molar refractivity (Wildman–Crippen MR) is 48.8 cm³/mol. The predicted octanol–water partition coefficient (Wildman–Crippen LogP) is 2.34. The monoisotopic (exact) mass is 171 g/mol. The highest BCUT2D eigenvalue weighted by atomic mass is 32.2. The van der Waals surface area contributed by atoms with Crippen molar-refractivity contribution >= 4 is 29.0 Å². The zero-order valence-electron chi connectivity index (χ0n) is 5.83. The van der Waals surface area contributed by atoms with Crippen LogP contribution in [-0.4, -0.2) is 15.3 Å².